The monoisotopic (exact) mass is 622 g/mol. The number of phenols is 8. The van der Waals surface area contributed by atoms with Crippen LogP contribution < -0.4 is 4.74 Å². The van der Waals surface area contributed by atoms with Crippen molar-refractivity contribution in [2.24, 2.45) is 0 Å². The van der Waals surface area contributed by atoms with Gasteiger partial charge in [0.2, 0.25) is 12.0 Å². The molecule has 3 aromatic carbocycles. The van der Waals surface area contributed by atoms with Crippen molar-refractivity contribution >= 4 is 11.9 Å². The molecule has 0 aliphatic carbocycles. The van der Waals surface area contributed by atoms with Crippen LogP contribution in [0.15, 0.2) is 36.4 Å². The van der Waals surface area contributed by atoms with Gasteiger partial charge in [-0.2, -0.15) is 0 Å². The van der Waals surface area contributed by atoms with Crippen LogP contribution in [-0.2, 0) is 20.8 Å². The van der Waals surface area contributed by atoms with Gasteiger partial charge in [0.05, 0.1) is 17.7 Å². The lowest BCUT2D eigenvalue weighted by Crippen LogP contribution is -2.61. The lowest BCUT2D eigenvalue weighted by atomic mass is 9.98. The van der Waals surface area contributed by atoms with Crippen LogP contribution in [0.1, 0.15) is 26.3 Å². The first-order valence-electron chi connectivity index (χ1n) is 12.4. The van der Waals surface area contributed by atoms with Crippen molar-refractivity contribution in [3.8, 4) is 51.7 Å². The van der Waals surface area contributed by atoms with Crippen LogP contribution in [0, 0.1) is 0 Å². The highest BCUT2D eigenvalue weighted by Crippen LogP contribution is 2.40. The van der Waals surface area contributed by atoms with Crippen molar-refractivity contribution in [2.45, 2.75) is 37.3 Å². The average molecular weight is 622 g/mol. The molecule has 0 unspecified atom stereocenters. The van der Waals surface area contributed by atoms with E-state index in [4.69, 9.17) is 18.9 Å². The first-order chi connectivity index (χ1) is 20.7. The van der Waals surface area contributed by atoms with E-state index in [2.05, 4.69) is 0 Å². The number of hydrogen-bond acceptors (Lipinski definition) is 17. The number of carbonyl (C=O) groups is 2. The summed E-state index contributed by atoms with van der Waals surface area (Å²) in [4.78, 5) is 25.5. The summed E-state index contributed by atoms with van der Waals surface area (Å²) in [6, 6.07) is 5.00. The van der Waals surface area contributed by atoms with Gasteiger partial charge in [-0.25, -0.2) is 9.59 Å². The number of ether oxygens (including phenoxy) is 4. The molecule has 0 aromatic heterocycles. The second kappa shape index (κ2) is 12.5. The summed E-state index contributed by atoms with van der Waals surface area (Å²) in [5.74, 6) is -9.96. The largest absolute Gasteiger partial charge is 0.504 e. The van der Waals surface area contributed by atoms with Crippen LogP contribution in [0.25, 0.3) is 0 Å². The fraction of sp³-hybridized carbons (Fsp3) is 0.259. The molecule has 0 spiro atoms. The number of carbonyl (C=O) groups excluding carboxylic acids is 2. The molecule has 0 bridgehead atoms. The SMILES string of the molecule is O=C(OC[C@H]1O[C@@H](Oc2c(O)cc(CO)cc2O)[C@H](O)[C@@H](O)[C@@H]1OC(=O)c1cc(O)c(O)c(O)c1)c1cc(O)c(O)c(O)c1. The van der Waals surface area contributed by atoms with E-state index in [9.17, 15) is 65.8 Å². The molecule has 44 heavy (non-hydrogen) atoms. The summed E-state index contributed by atoms with van der Waals surface area (Å²) in [6.07, 6.45) is -9.63. The average Bonchev–Trinajstić information content (AvgIpc) is 2.98. The normalized spacial score (nSPS) is 21.4. The highest BCUT2D eigenvalue weighted by molar-refractivity contribution is 5.92. The van der Waals surface area contributed by atoms with Crippen molar-refractivity contribution in [3.63, 3.8) is 0 Å². The maximum atomic E-state index is 12.8. The molecule has 1 aliphatic rings. The van der Waals surface area contributed by atoms with Crippen LogP contribution in [0.2, 0.25) is 0 Å². The van der Waals surface area contributed by atoms with Gasteiger partial charge in [0.25, 0.3) is 0 Å². The van der Waals surface area contributed by atoms with Crippen molar-refractivity contribution < 1.29 is 84.7 Å². The van der Waals surface area contributed by atoms with Gasteiger partial charge in [-0.15, -0.1) is 0 Å². The molecule has 4 rings (SSSR count). The molecule has 0 amide bonds. The van der Waals surface area contributed by atoms with E-state index in [0.717, 1.165) is 36.4 Å². The van der Waals surface area contributed by atoms with Crippen molar-refractivity contribution in [2.75, 3.05) is 6.61 Å². The molecule has 11 N–H and O–H groups in total. The van der Waals surface area contributed by atoms with E-state index >= 15 is 0 Å². The third-order valence-corrected chi connectivity index (χ3v) is 6.40. The minimum absolute atomic E-state index is 0.0897. The van der Waals surface area contributed by atoms with E-state index < -0.39 is 119 Å². The molecule has 17 heteroatoms. The maximum Gasteiger partial charge on any atom is 0.338 e. The Morgan fingerprint density at radius 2 is 1.16 bits per heavy atom. The molecule has 5 atom stereocenters. The Morgan fingerprint density at radius 3 is 1.64 bits per heavy atom. The van der Waals surface area contributed by atoms with Crippen LogP contribution in [0.3, 0.4) is 0 Å². The van der Waals surface area contributed by atoms with Gasteiger partial charge in [-0.05, 0) is 42.0 Å². The van der Waals surface area contributed by atoms with Gasteiger partial charge in [-0.3, -0.25) is 0 Å². The molecule has 0 saturated carbocycles. The third kappa shape index (κ3) is 6.35. The number of esters is 2. The predicted molar refractivity (Wildman–Crippen MR) is 139 cm³/mol. The lowest BCUT2D eigenvalue weighted by Gasteiger charge is -2.41. The number of aliphatic hydroxyl groups is 3. The molecule has 17 nitrogen and oxygen atoms in total. The first kappa shape index (κ1) is 31.6. The lowest BCUT2D eigenvalue weighted by molar-refractivity contribution is -0.277. The molecule has 1 fully saturated rings. The minimum atomic E-state index is -2.08. The maximum absolute atomic E-state index is 12.8. The first-order valence-corrected chi connectivity index (χ1v) is 12.4. The highest BCUT2D eigenvalue weighted by atomic mass is 16.7. The zero-order valence-corrected chi connectivity index (χ0v) is 22.1. The van der Waals surface area contributed by atoms with E-state index in [-0.39, 0.29) is 5.56 Å². The summed E-state index contributed by atoms with van der Waals surface area (Å²) in [5.41, 5.74) is -0.890. The van der Waals surface area contributed by atoms with Crippen LogP contribution >= 0.6 is 0 Å². The molecule has 1 saturated heterocycles. The van der Waals surface area contributed by atoms with Crippen LogP contribution in [0.5, 0.6) is 51.7 Å². The number of rotatable bonds is 8. The Morgan fingerprint density at radius 1 is 0.682 bits per heavy atom. The third-order valence-electron chi connectivity index (χ3n) is 6.40. The predicted octanol–water partition coefficient (Wildman–Crippen LogP) is -0.268. The minimum Gasteiger partial charge on any atom is -0.504 e. The van der Waals surface area contributed by atoms with Crippen molar-refractivity contribution in [1.29, 1.82) is 0 Å². The summed E-state index contributed by atoms with van der Waals surface area (Å²) in [6.45, 7) is -1.44. The van der Waals surface area contributed by atoms with E-state index in [1.807, 2.05) is 0 Å². The number of benzene rings is 3. The van der Waals surface area contributed by atoms with Crippen molar-refractivity contribution in [3.05, 3.63) is 53.1 Å². The molecule has 236 valence electrons. The number of aliphatic hydroxyl groups excluding tert-OH is 3. The molecule has 0 radical (unpaired) electrons. The summed E-state index contributed by atoms with van der Waals surface area (Å²) < 4.78 is 21.3. The Hall–Kier alpha value is -5.36. The van der Waals surface area contributed by atoms with Crippen LogP contribution in [0.4, 0.5) is 0 Å². The van der Waals surface area contributed by atoms with Gasteiger partial charge in [0.1, 0.15) is 24.9 Å². The fourth-order valence-corrected chi connectivity index (χ4v) is 4.14. The van der Waals surface area contributed by atoms with Gasteiger partial charge < -0.3 is 75.1 Å². The topological polar surface area (TPSA) is 294 Å². The molecular weight excluding hydrogens is 596 g/mol. The number of phenolic OH excluding ortho intramolecular Hbond substituents is 8. The second-order valence-corrected chi connectivity index (χ2v) is 9.46. The fourth-order valence-electron chi connectivity index (χ4n) is 4.14. The molecule has 3 aromatic rings. The van der Waals surface area contributed by atoms with Crippen molar-refractivity contribution in [1.82, 2.24) is 0 Å². The summed E-state index contributed by atoms with van der Waals surface area (Å²) >= 11 is 0. The number of aromatic hydroxyl groups is 8. The van der Waals surface area contributed by atoms with E-state index in [0.29, 0.717) is 0 Å². The van der Waals surface area contributed by atoms with E-state index in [1.165, 1.54) is 0 Å². The highest BCUT2D eigenvalue weighted by Gasteiger charge is 2.49. The van der Waals surface area contributed by atoms with Crippen LogP contribution in [-0.4, -0.2) is 105 Å². The van der Waals surface area contributed by atoms with Gasteiger partial charge >= 0.3 is 11.9 Å². The van der Waals surface area contributed by atoms with Gasteiger partial charge in [0.15, 0.2) is 52.1 Å². The standard InChI is InChI=1S/C27H26O17/c28-7-9-1-16(33)23(17(34)2-9)44-27-22(38)21(37)24(43-26(40)11-5-14(31)20(36)15(32)6-11)18(42-27)8-41-25(39)10-3-12(29)19(35)13(30)4-10/h1-6,18,21-22,24,27-38H,7-8H2/t18-,21-,22-,24-,27+/m1/s1. The van der Waals surface area contributed by atoms with E-state index in [1.54, 1.807) is 0 Å². The Balaban J connectivity index is 1.62. The van der Waals surface area contributed by atoms with Gasteiger partial charge in [0, 0.05) is 0 Å². The summed E-state index contributed by atoms with van der Waals surface area (Å²) in [7, 11) is 0. The zero-order chi connectivity index (χ0) is 32.5. The Bertz CT molecular complexity index is 1500. The summed E-state index contributed by atoms with van der Waals surface area (Å²) in [5, 5.41) is 109. The quantitative estimate of drug-likeness (QED) is 0.114. The Kier molecular flexibility index (Phi) is 8.95. The molecule has 1 heterocycles. The Labute approximate surface area is 245 Å². The smallest absolute Gasteiger partial charge is 0.338 e. The number of hydrogen-bond donors (Lipinski definition) is 11. The van der Waals surface area contributed by atoms with Gasteiger partial charge in [-0.1, -0.05) is 0 Å². The molecular formula is C27H26O17. The molecule has 1 aliphatic heterocycles. The second-order valence-electron chi connectivity index (χ2n) is 9.46. The zero-order valence-electron chi connectivity index (χ0n) is 22.1.